The molecule has 7 heteroatoms. The molecule has 2 N–H and O–H groups in total. The number of carbonyl (C=O) groups is 1. The van der Waals surface area contributed by atoms with Crippen molar-refractivity contribution in [3.8, 4) is 0 Å². The van der Waals surface area contributed by atoms with Crippen LogP contribution in [0.4, 0.5) is 5.69 Å². The number of sulfonamides is 1. The average Bonchev–Trinajstić information content (AvgIpc) is 2.98. The molecule has 1 amide bonds. The van der Waals surface area contributed by atoms with E-state index in [2.05, 4.69) is 10.0 Å². The van der Waals surface area contributed by atoms with Gasteiger partial charge in [0.25, 0.3) is 5.91 Å². The number of nitrogens with zero attached hydrogens (tertiary/aromatic N) is 1. The number of fused-ring (bicyclic) bond motifs is 1. The lowest BCUT2D eigenvalue weighted by Crippen LogP contribution is -2.26. The maximum Gasteiger partial charge on any atom is 0.268 e. The second-order valence-corrected chi connectivity index (χ2v) is 7.80. The number of para-hydroxylation sites is 2. The summed E-state index contributed by atoms with van der Waals surface area (Å²) >= 11 is 0. The third-order valence-corrected chi connectivity index (χ3v) is 4.70. The van der Waals surface area contributed by atoms with Crippen LogP contribution >= 0.6 is 0 Å². The average molecular weight is 371 g/mol. The summed E-state index contributed by atoms with van der Waals surface area (Å²) in [6, 6.07) is 16.7. The molecule has 0 aliphatic heterocycles. The van der Waals surface area contributed by atoms with E-state index >= 15 is 0 Å². The molecule has 2 aromatic carbocycles. The van der Waals surface area contributed by atoms with E-state index in [1.54, 1.807) is 24.3 Å². The highest BCUT2D eigenvalue weighted by molar-refractivity contribution is 7.92. The van der Waals surface area contributed by atoms with Crippen LogP contribution in [0.1, 0.15) is 23.0 Å². The van der Waals surface area contributed by atoms with E-state index in [1.165, 1.54) is 0 Å². The third kappa shape index (κ3) is 3.88. The number of amides is 1. The highest BCUT2D eigenvalue weighted by atomic mass is 32.2. The van der Waals surface area contributed by atoms with Gasteiger partial charge in [0, 0.05) is 24.0 Å². The van der Waals surface area contributed by atoms with Crippen LogP contribution in [0.5, 0.6) is 0 Å². The fourth-order valence-corrected chi connectivity index (χ4v) is 3.58. The SMILES string of the molecule is CCn1c(C(=O)NCc2ccccc2NS(C)(=O)=O)cc2ccccc21. The summed E-state index contributed by atoms with van der Waals surface area (Å²) in [7, 11) is -3.39. The molecule has 1 aromatic heterocycles. The summed E-state index contributed by atoms with van der Waals surface area (Å²) in [4.78, 5) is 12.7. The number of benzene rings is 2. The molecular formula is C19H21N3O3S. The van der Waals surface area contributed by atoms with Crippen LogP contribution in [-0.4, -0.2) is 25.1 Å². The number of rotatable bonds is 6. The van der Waals surface area contributed by atoms with E-state index in [0.29, 0.717) is 23.5 Å². The number of hydrogen-bond acceptors (Lipinski definition) is 3. The Kier molecular flexibility index (Phi) is 4.99. The van der Waals surface area contributed by atoms with Crippen molar-refractivity contribution in [3.63, 3.8) is 0 Å². The first-order valence-corrected chi connectivity index (χ1v) is 10.2. The zero-order valence-electron chi connectivity index (χ0n) is 14.7. The zero-order chi connectivity index (χ0) is 18.7. The molecule has 0 radical (unpaired) electrons. The molecule has 3 aromatic rings. The lowest BCUT2D eigenvalue weighted by Gasteiger charge is -2.12. The molecule has 0 fully saturated rings. The molecule has 0 atom stereocenters. The van der Waals surface area contributed by atoms with Gasteiger partial charge in [-0.05, 0) is 30.7 Å². The molecule has 0 bridgehead atoms. The summed E-state index contributed by atoms with van der Waals surface area (Å²) in [5.74, 6) is -0.197. The van der Waals surface area contributed by atoms with Crippen molar-refractivity contribution in [1.82, 2.24) is 9.88 Å². The second kappa shape index (κ2) is 7.21. The molecule has 26 heavy (non-hydrogen) atoms. The van der Waals surface area contributed by atoms with Crippen molar-refractivity contribution >= 4 is 32.5 Å². The Balaban J connectivity index is 1.82. The summed E-state index contributed by atoms with van der Waals surface area (Å²) < 4.78 is 27.4. The Morgan fingerprint density at radius 1 is 1.08 bits per heavy atom. The van der Waals surface area contributed by atoms with Gasteiger partial charge in [0.15, 0.2) is 0 Å². The van der Waals surface area contributed by atoms with Crippen molar-refractivity contribution in [3.05, 3.63) is 65.9 Å². The zero-order valence-corrected chi connectivity index (χ0v) is 15.5. The molecule has 136 valence electrons. The first-order valence-electron chi connectivity index (χ1n) is 8.31. The first-order chi connectivity index (χ1) is 12.4. The van der Waals surface area contributed by atoms with Gasteiger partial charge in [-0.15, -0.1) is 0 Å². The predicted molar refractivity (Wildman–Crippen MR) is 104 cm³/mol. The summed E-state index contributed by atoms with van der Waals surface area (Å²) in [6.45, 7) is 2.90. The Morgan fingerprint density at radius 2 is 1.77 bits per heavy atom. The number of hydrogen-bond donors (Lipinski definition) is 2. The Morgan fingerprint density at radius 3 is 2.50 bits per heavy atom. The molecule has 6 nitrogen and oxygen atoms in total. The van der Waals surface area contributed by atoms with E-state index in [0.717, 1.165) is 17.2 Å². The van der Waals surface area contributed by atoms with E-state index in [4.69, 9.17) is 0 Å². The summed E-state index contributed by atoms with van der Waals surface area (Å²) in [5.41, 5.74) is 2.76. The van der Waals surface area contributed by atoms with Crippen LogP contribution in [0.15, 0.2) is 54.6 Å². The van der Waals surface area contributed by atoms with Gasteiger partial charge in [-0.1, -0.05) is 36.4 Å². The molecule has 1 heterocycles. The minimum absolute atomic E-state index is 0.197. The van der Waals surface area contributed by atoms with Crippen LogP contribution in [-0.2, 0) is 23.1 Å². The van der Waals surface area contributed by atoms with Gasteiger partial charge in [-0.2, -0.15) is 0 Å². The van der Waals surface area contributed by atoms with E-state index in [1.807, 2.05) is 41.8 Å². The van der Waals surface area contributed by atoms with Crippen molar-refractivity contribution in [2.75, 3.05) is 11.0 Å². The molecule has 3 rings (SSSR count). The number of aromatic nitrogens is 1. The Bertz CT molecular complexity index is 1050. The van der Waals surface area contributed by atoms with Gasteiger partial charge in [-0.25, -0.2) is 8.42 Å². The van der Waals surface area contributed by atoms with E-state index in [-0.39, 0.29) is 12.5 Å². The third-order valence-electron chi connectivity index (χ3n) is 4.11. The van der Waals surface area contributed by atoms with Gasteiger partial charge in [0.05, 0.1) is 11.9 Å². The highest BCUT2D eigenvalue weighted by Gasteiger charge is 2.15. The van der Waals surface area contributed by atoms with Crippen molar-refractivity contribution in [2.24, 2.45) is 0 Å². The fourth-order valence-electron chi connectivity index (χ4n) is 2.98. The molecule has 0 saturated carbocycles. The summed E-state index contributed by atoms with van der Waals surface area (Å²) in [5, 5.41) is 3.90. The number of carbonyl (C=O) groups excluding carboxylic acids is 1. The second-order valence-electron chi connectivity index (χ2n) is 6.05. The normalized spacial score (nSPS) is 11.5. The monoisotopic (exact) mass is 371 g/mol. The van der Waals surface area contributed by atoms with Crippen LogP contribution < -0.4 is 10.0 Å². The predicted octanol–water partition coefficient (Wildman–Crippen LogP) is 2.96. The Hall–Kier alpha value is -2.80. The molecule has 0 spiro atoms. The van der Waals surface area contributed by atoms with Crippen molar-refractivity contribution in [1.29, 1.82) is 0 Å². The minimum atomic E-state index is -3.39. The van der Waals surface area contributed by atoms with Gasteiger partial charge in [0.2, 0.25) is 10.0 Å². The Labute approximate surface area is 152 Å². The maximum absolute atomic E-state index is 12.7. The number of aryl methyl sites for hydroxylation is 1. The van der Waals surface area contributed by atoms with E-state index < -0.39 is 10.0 Å². The fraction of sp³-hybridized carbons (Fsp3) is 0.211. The number of anilines is 1. The van der Waals surface area contributed by atoms with Gasteiger partial charge in [0.1, 0.15) is 5.69 Å². The first kappa shape index (κ1) is 18.0. The van der Waals surface area contributed by atoms with Crippen LogP contribution in [0.2, 0.25) is 0 Å². The number of nitrogens with one attached hydrogen (secondary N) is 2. The molecular weight excluding hydrogens is 350 g/mol. The summed E-state index contributed by atoms with van der Waals surface area (Å²) in [6.07, 6.45) is 1.10. The van der Waals surface area contributed by atoms with Crippen molar-refractivity contribution < 1.29 is 13.2 Å². The van der Waals surface area contributed by atoms with E-state index in [9.17, 15) is 13.2 Å². The smallest absolute Gasteiger partial charge is 0.268 e. The molecule has 0 unspecified atom stereocenters. The van der Waals surface area contributed by atoms with Gasteiger partial charge < -0.3 is 9.88 Å². The van der Waals surface area contributed by atoms with Crippen LogP contribution in [0, 0.1) is 0 Å². The van der Waals surface area contributed by atoms with Gasteiger partial charge >= 0.3 is 0 Å². The molecule has 0 aliphatic carbocycles. The quantitative estimate of drug-likeness (QED) is 0.699. The minimum Gasteiger partial charge on any atom is -0.347 e. The maximum atomic E-state index is 12.7. The lowest BCUT2D eigenvalue weighted by molar-refractivity contribution is 0.0942. The van der Waals surface area contributed by atoms with Crippen LogP contribution in [0.3, 0.4) is 0 Å². The lowest BCUT2D eigenvalue weighted by atomic mass is 10.2. The van der Waals surface area contributed by atoms with Gasteiger partial charge in [-0.3, -0.25) is 9.52 Å². The standard InChI is InChI=1S/C19H21N3O3S/c1-3-22-17-11-7-5-8-14(17)12-18(22)19(23)20-13-15-9-4-6-10-16(15)21-26(2,24)25/h4-12,21H,3,13H2,1-2H3,(H,20,23). The molecule has 0 aliphatic rings. The largest absolute Gasteiger partial charge is 0.347 e. The highest BCUT2D eigenvalue weighted by Crippen LogP contribution is 2.20. The van der Waals surface area contributed by atoms with Crippen molar-refractivity contribution in [2.45, 2.75) is 20.0 Å². The topological polar surface area (TPSA) is 80.2 Å². The molecule has 0 saturated heterocycles. The van der Waals surface area contributed by atoms with Crippen LogP contribution in [0.25, 0.3) is 10.9 Å².